The van der Waals surface area contributed by atoms with Gasteiger partial charge >= 0.3 is 66.0 Å². The first-order valence-corrected chi connectivity index (χ1v) is 22.3. The van der Waals surface area contributed by atoms with Crippen molar-refractivity contribution in [3.63, 3.8) is 0 Å². The molecule has 0 fully saturated rings. The van der Waals surface area contributed by atoms with Crippen molar-refractivity contribution in [3.8, 4) is 0 Å². The van der Waals surface area contributed by atoms with Crippen LogP contribution in [-0.2, 0) is 21.8 Å². The predicted octanol–water partition coefficient (Wildman–Crippen LogP) is 16.8. The van der Waals surface area contributed by atoms with Gasteiger partial charge in [-0.15, -0.1) is 0 Å². The van der Waals surface area contributed by atoms with Crippen LogP contribution in [0.1, 0.15) is 0 Å². The molecule has 0 aliphatic heterocycles. The van der Waals surface area contributed by atoms with E-state index in [0.29, 0.717) is 0 Å². The fourth-order valence-corrected chi connectivity index (χ4v) is 9.86. The van der Waals surface area contributed by atoms with Crippen molar-refractivity contribution in [2.75, 3.05) is 0 Å². The van der Waals surface area contributed by atoms with Gasteiger partial charge in [0.1, 0.15) is 0 Å². The van der Waals surface area contributed by atoms with Crippen molar-refractivity contribution >= 4 is 49.2 Å². The fraction of sp³-hybridized carbons (Fsp3) is 0. The van der Waals surface area contributed by atoms with Crippen LogP contribution >= 0.6 is 27.4 Å². The third-order valence-corrected chi connectivity index (χ3v) is 11.6. The molecule has 0 amide bonds. The minimum Gasteiger partial charge on any atom is -0.0897 e. The average molecular weight is 847 g/mol. The van der Waals surface area contributed by atoms with Crippen LogP contribution in [0.4, 0.5) is 50.4 Å². The molecule has 17 heteroatoms. The number of rotatable bonds is 8. The second-order valence-electron chi connectivity index (χ2n) is 10.8. The summed E-state index contributed by atoms with van der Waals surface area (Å²) in [6.07, 6.45) is 0. The zero-order valence-electron chi connectivity index (χ0n) is 26.8. The van der Waals surface area contributed by atoms with E-state index in [-0.39, 0.29) is 21.8 Å². The quantitative estimate of drug-likeness (QED) is 0.0835. The second kappa shape index (κ2) is 14.9. The van der Waals surface area contributed by atoms with Crippen LogP contribution in [-0.4, -0.2) is 0 Å². The van der Waals surface area contributed by atoms with E-state index in [1.54, 1.807) is 0 Å². The summed E-state index contributed by atoms with van der Waals surface area (Å²) in [5.74, 6) is 0. The van der Waals surface area contributed by atoms with Gasteiger partial charge in [0.2, 0.25) is 0 Å². The van der Waals surface area contributed by atoms with Crippen LogP contribution in [0, 0.1) is 0 Å². The van der Waals surface area contributed by atoms with E-state index < -0.39 is 15.6 Å². The Hall–Kier alpha value is -3.61. The minimum atomic E-state index is -10.7. The van der Waals surface area contributed by atoms with E-state index in [2.05, 4.69) is 170 Å². The maximum Gasteiger partial charge on any atom is 0.167 e. The molecule has 0 aliphatic carbocycles. The SMILES string of the molecule is F[P-](F)(F)(F)(F)F.F[P-](F)(F)(F)(F)F.c1ccc([S+](c2ccccc2)c2cccc(Sc3cccc([S+](c4ccccc4)c4ccccc4)c3)c2)cc1. The van der Waals surface area contributed by atoms with Crippen molar-refractivity contribution in [2.24, 2.45) is 0 Å². The first-order chi connectivity index (χ1) is 24.2. The van der Waals surface area contributed by atoms with Gasteiger partial charge in [-0.25, -0.2) is 0 Å². The van der Waals surface area contributed by atoms with Gasteiger partial charge in [0.05, 0.1) is 21.8 Å². The summed E-state index contributed by atoms with van der Waals surface area (Å²) >= 11 is 1.84. The molecule has 0 nitrogen and oxygen atoms in total. The monoisotopic (exact) mass is 846 g/mol. The van der Waals surface area contributed by atoms with E-state index in [1.165, 1.54) is 39.2 Å². The number of halogens is 12. The zero-order valence-corrected chi connectivity index (χ0v) is 31.1. The fourth-order valence-electron chi connectivity index (χ4n) is 4.51. The Kier molecular flexibility index (Phi) is 11.8. The molecule has 53 heavy (non-hydrogen) atoms. The molecule has 0 aliphatic rings. The molecule has 6 aromatic carbocycles. The first-order valence-electron chi connectivity index (χ1n) is 14.9. The second-order valence-corrected chi connectivity index (χ2v) is 19.9. The molecule has 0 radical (unpaired) electrons. The van der Waals surface area contributed by atoms with Crippen LogP contribution in [0.2, 0.25) is 0 Å². The molecular formula is C36H28F12P2S3. The van der Waals surface area contributed by atoms with Crippen molar-refractivity contribution in [3.05, 3.63) is 170 Å². The number of hydrogen-bond acceptors (Lipinski definition) is 1. The Morgan fingerprint density at radius 1 is 0.283 bits per heavy atom. The van der Waals surface area contributed by atoms with Gasteiger partial charge in [0, 0.05) is 21.9 Å². The Morgan fingerprint density at radius 3 is 0.717 bits per heavy atom. The molecule has 0 saturated heterocycles. The van der Waals surface area contributed by atoms with Crippen molar-refractivity contribution in [1.82, 2.24) is 0 Å². The maximum atomic E-state index is 9.87. The van der Waals surface area contributed by atoms with E-state index in [1.807, 2.05) is 11.8 Å². The topological polar surface area (TPSA) is 0 Å². The summed E-state index contributed by atoms with van der Waals surface area (Å²) in [7, 11) is -21.6. The van der Waals surface area contributed by atoms with Gasteiger partial charge in [-0.1, -0.05) is 96.7 Å². The van der Waals surface area contributed by atoms with Crippen LogP contribution in [0.5, 0.6) is 0 Å². The summed E-state index contributed by atoms with van der Waals surface area (Å²) in [5, 5.41) is 0. The summed E-state index contributed by atoms with van der Waals surface area (Å²) in [6, 6.07) is 61.6. The van der Waals surface area contributed by atoms with Crippen LogP contribution in [0.15, 0.2) is 209 Å². The van der Waals surface area contributed by atoms with Gasteiger partial charge in [0.15, 0.2) is 29.4 Å². The van der Waals surface area contributed by atoms with Gasteiger partial charge in [-0.05, 0) is 72.8 Å². The summed E-state index contributed by atoms with van der Waals surface area (Å²) in [4.78, 5) is 10.5. The Balaban J connectivity index is 0.000000381. The minimum absolute atomic E-state index is 0.156. The molecular weight excluding hydrogens is 819 g/mol. The van der Waals surface area contributed by atoms with Gasteiger partial charge in [-0.2, -0.15) is 0 Å². The maximum absolute atomic E-state index is 10.7. The molecule has 6 rings (SSSR count). The Labute approximate surface area is 307 Å². The zero-order chi connectivity index (χ0) is 39.1. The van der Waals surface area contributed by atoms with E-state index in [4.69, 9.17) is 0 Å². The molecule has 6 aromatic rings. The summed E-state index contributed by atoms with van der Waals surface area (Å²) in [5.41, 5.74) is 0. The smallest absolute Gasteiger partial charge is 0.0897 e. The first kappa shape index (κ1) is 42.1. The molecule has 0 saturated carbocycles. The standard InChI is InChI=1S/C36H28S3.2F6P/c1-5-17-31(18-6-1)38(32-19-7-2-8-20-32)35-25-13-15-29(27-35)37-30-16-14-26-36(28-30)39(33-21-9-3-10-22-33)34-23-11-4-12-24-34;2*1-7(2,3,4,5)6/h1-28H;;/q+2;2*-1. The predicted molar refractivity (Wildman–Crippen MR) is 194 cm³/mol. The summed E-state index contributed by atoms with van der Waals surface area (Å²) in [6.45, 7) is 0. The van der Waals surface area contributed by atoms with E-state index >= 15 is 0 Å². The van der Waals surface area contributed by atoms with Gasteiger partial charge < -0.3 is 0 Å². The van der Waals surface area contributed by atoms with Crippen molar-refractivity contribution in [1.29, 1.82) is 0 Å². The molecule has 284 valence electrons. The molecule has 0 N–H and O–H groups in total. The van der Waals surface area contributed by atoms with Crippen LogP contribution in [0.3, 0.4) is 0 Å². The number of hydrogen-bond donors (Lipinski definition) is 0. The largest absolute Gasteiger partial charge is 0.167 e. The molecule has 0 unspecified atom stereocenters. The molecule has 0 heterocycles. The average Bonchev–Trinajstić information content (AvgIpc) is 3.05. The van der Waals surface area contributed by atoms with Gasteiger partial charge in [-0.3, -0.25) is 0 Å². The number of benzene rings is 6. The van der Waals surface area contributed by atoms with Crippen molar-refractivity contribution in [2.45, 2.75) is 39.2 Å². The molecule has 0 aromatic heterocycles. The van der Waals surface area contributed by atoms with E-state index in [0.717, 1.165) is 0 Å². The molecule has 0 bridgehead atoms. The van der Waals surface area contributed by atoms with Gasteiger partial charge in [0.25, 0.3) is 0 Å². The molecule has 0 atom stereocenters. The Morgan fingerprint density at radius 2 is 0.491 bits per heavy atom. The van der Waals surface area contributed by atoms with E-state index in [9.17, 15) is 50.4 Å². The third kappa shape index (κ3) is 17.8. The third-order valence-electron chi connectivity index (χ3n) is 6.23. The normalized spacial score (nSPS) is 14.3. The van der Waals surface area contributed by atoms with Crippen LogP contribution < -0.4 is 0 Å². The summed E-state index contributed by atoms with van der Waals surface area (Å²) < 4.78 is 118. The van der Waals surface area contributed by atoms with Crippen LogP contribution in [0.25, 0.3) is 0 Å². The molecule has 0 spiro atoms. The van der Waals surface area contributed by atoms with Crippen molar-refractivity contribution < 1.29 is 50.4 Å². The Bertz CT molecular complexity index is 1830.